The molecule has 1 heterocycles. The predicted octanol–water partition coefficient (Wildman–Crippen LogP) is 1.73. The summed E-state index contributed by atoms with van der Waals surface area (Å²) in [7, 11) is 1.75. The smallest absolute Gasteiger partial charge is 0.317 e. The molecule has 2 rings (SSSR count). The molecule has 5 heteroatoms. The molecular weight excluding hydrogens is 254 g/mol. The van der Waals surface area contributed by atoms with Crippen molar-refractivity contribution in [3.05, 3.63) is 0 Å². The van der Waals surface area contributed by atoms with Gasteiger partial charge in [0.1, 0.15) is 0 Å². The summed E-state index contributed by atoms with van der Waals surface area (Å²) in [5, 5.41) is 6.71. The van der Waals surface area contributed by atoms with Crippen LogP contribution in [0.25, 0.3) is 0 Å². The number of rotatable bonds is 4. The van der Waals surface area contributed by atoms with Crippen molar-refractivity contribution in [2.75, 3.05) is 20.2 Å². The Morgan fingerprint density at radius 3 is 2.40 bits per heavy atom. The van der Waals surface area contributed by atoms with Crippen LogP contribution < -0.4 is 10.6 Å². The topological polar surface area (TPSA) is 53.6 Å². The van der Waals surface area contributed by atoms with Gasteiger partial charge in [0.15, 0.2) is 0 Å². The first-order valence-electron chi connectivity index (χ1n) is 7.92. The van der Waals surface area contributed by atoms with Crippen molar-refractivity contribution in [1.29, 1.82) is 0 Å². The third-order valence-electron chi connectivity index (χ3n) is 4.40. The molecule has 2 aliphatic rings. The monoisotopic (exact) mass is 283 g/mol. The lowest BCUT2D eigenvalue weighted by Crippen LogP contribution is -2.51. The highest BCUT2D eigenvalue weighted by atomic mass is 16.5. The van der Waals surface area contributed by atoms with Crippen molar-refractivity contribution < 1.29 is 9.53 Å². The Balaban J connectivity index is 1.69. The second kappa shape index (κ2) is 7.27. The van der Waals surface area contributed by atoms with Gasteiger partial charge in [-0.3, -0.25) is 0 Å². The van der Waals surface area contributed by atoms with E-state index in [4.69, 9.17) is 4.74 Å². The van der Waals surface area contributed by atoms with E-state index in [9.17, 15) is 4.79 Å². The lowest BCUT2D eigenvalue weighted by Gasteiger charge is -2.34. The summed E-state index contributed by atoms with van der Waals surface area (Å²) in [6.45, 7) is 6.06. The minimum Gasteiger partial charge on any atom is -0.381 e. The van der Waals surface area contributed by atoms with Crippen LogP contribution in [0.4, 0.5) is 4.79 Å². The lowest BCUT2D eigenvalue weighted by molar-refractivity contribution is 0.106. The van der Waals surface area contributed by atoms with E-state index in [-0.39, 0.29) is 6.03 Å². The summed E-state index contributed by atoms with van der Waals surface area (Å²) in [6.07, 6.45) is 5.47. The summed E-state index contributed by atoms with van der Waals surface area (Å²) >= 11 is 0. The molecular formula is C15H29N3O2. The molecule has 0 aromatic carbocycles. The third kappa shape index (κ3) is 4.35. The molecule has 0 spiro atoms. The van der Waals surface area contributed by atoms with Gasteiger partial charge in [0.2, 0.25) is 0 Å². The quantitative estimate of drug-likeness (QED) is 0.826. The fraction of sp³-hybridized carbons (Fsp3) is 0.933. The Morgan fingerprint density at radius 1 is 1.15 bits per heavy atom. The van der Waals surface area contributed by atoms with Gasteiger partial charge in [-0.15, -0.1) is 0 Å². The molecule has 2 amide bonds. The Bertz CT molecular complexity index is 314. The largest absolute Gasteiger partial charge is 0.381 e. The van der Waals surface area contributed by atoms with E-state index in [0.717, 1.165) is 45.2 Å². The molecule has 2 fully saturated rings. The molecule has 1 saturated heterocycles. The zero-order valence-corrected chi connectivity index (χ0v) is 13.0. The van der Waals surface area contributed by atoms with Crippen LogP contribution in [0, 0.1) is 0 Å². The maximum absolute atomic E-state index is 12.2. The molecule has 1 saturated carbocycles. The number of methoxy groups -OCH3 is 1. The van der Waals surface area contributed by atoms with E-state index < -0.39 is 0 Å². The molecule has 1 aliphatic carbocycles. The number of urea groups is 1. The van der Waals surface area contributed by atoms with Crippen molar-refractivity contribution in [2.45, 2.75) is 70.2 Å². The summed E-state index contributed by atoms with van der Waals surface area (Å²) in [4.78, 5) is 14.2. The Labute approximate surface area is 122 Å². The Kier molecular flexibility index (Phi) is 5.66. The molecule has 116 valence electrons. The summed E-state index contributed by atoms with van der Waals surface area (Å²) in [5.74, 6) is 0. The Morgan fingerprint density at radius 2 is 1.85 bits per heavy atom. The lowest BCUT2D eigenvalue weighted by atomic mass is 10.0. The molecule has 0 bridgehead atoms. The highest BCUT2D eigenvalue weighted by molar-refractivity contribution is 5.74. The van der Waals surface area contributed by atoms with E-state index in [1.54, 1.807) is 7.11 Å². The van der Waals surface area contributed by atoms with E-state index in [1.165, 1.54) is 0 Å². The molecule has 2 N–H and O–H groups in total. The van der Waals surface area contributed by atoms with Crippen molar-refractivity contribution in [3.8, 4) is 0 Å². The highest BCUT2D eigenvalue weighted by Gasteiger charge is 2.28. The minimum absolute atomic E-state index is 0.106. The van der Waals surface area contributed by atoms with Crippen LogP contribution in [0.2, 0.25) is 0 Å². The SMILES string of the molecule is COC1CCC(NC(=O)N2CCC(NC(C)C)CC2)C1. The number of carbonyl (C=O) groups excluding carboxylic acids is 1. The van der Waals surface area contributed by atoms with Crippen LogP contribution in [0.3, 0.4) is 0 Å². The minimum atomic E-state index is 0.106. The van der Waals surface area contributed by atoms with E-state index in [2.05, 4.69) is 24.5 Å². The number of likely N-dealkylation sites (tertiary alicyclic amines) is 1. The van der Waals surface area contributed by atoms with Gasteiger partial charge in [0.05, 0.1) is 6.10 Å². The molecule has 0 radical (unpaired) electrons. The van der Waals surface area contributed by atoms with Crippen molar-refractivity contribution in [1.82, 2.24) is 15.5 Å². The standard InChI is InChI=1S/C15H29N3O2/c1-11(2)16-12-6-8-18(9-7-12)15(19)17-13-4-5-14(10-13)20-3/h11-14,16H,4-10H2,1-3H3,(H,17,19). The van der Waals surface area contributed by atoms with Crippen LogP contribution in [0.15, 0.2) is 0 Å². The second-order valence-electron chi connectivity index (χ2n) is 6.40. The fourth-order valence-corrected chi connectivity index (χ4v) is 3.27. The first kappa shape index (κ1) is 15.6. The van der Waals surface area contributed by atoms with Crippen LogP contribution in [-0.4, -0.2) is 55.4 Å². The van der Waals surface area contributed by atoms with Crippen LogP contribution in [0.5, 0.6) is 0 Å². The van der Waals surface area contributed by atoms with Crippen LogP contribution in [0.1, 0.15) is 46.0 Å². The number of amides is 2. The van der Waals surface area contributed by atoms with Gasteiger partial charge >= 0.3 is 6.03 Å². The number of hydrogen-bond donors (Lipinski definition) is 2. The predicted molar refractivity (Wildman–Crippen MR) is 79.8 cm³/mol. The van der Waals surface area contributed by atoms with Gasteiger partial charge in [0.25, 0.3) is 0 Å². The molecule has 20 heavy (non-hydrogen) atoms. The van der Waals surface area contributed by atoms with Crippen molar-refractivity contribution >= 4 is 6.03 Å². The zero-order valence-electron chi connectivity index (χ0n) is 13.0. The fourth-order valence-electron chi connectivity index (χ4n) is 3.27. The van der Waals surface area contributed by atoms with Crippen LogP contribution in [-0.2, 0) is 4.74 Å². The number of piperidine rings is 1. The van der Waals surface area contributed by atoms with E-state index in [0.29, 0.717) is 24.2 Å². The number of ether oxygens (including phenoxy) is 1. The molecule has 2 atom stereocenters. The Hall–Kier alpha value is -0.810. The van der Waals surface area contributed by atoms with Gasteiger partial charge in [-0.25, -0.2) is 4.79 Å². The van der Waals surface area contributed by atoms with Gasteiger partial charge < -0.3 is 20.3 Å². The van der Waals surface area contributed by atoms with Gasteiger partial charge in [0, 0.05) is 38.3 Å². The highest BCUT2D eigenvalue weighted by Crippen LogP contribution is 2.22. The van der Waals surface area contributed by atoms with Gasteiger partial charge in [-0.2, -0.15) is 0 Å². The number of hydrogen-bond acceptors (Lipinski definition) is 3. The van der Waals surface area contributed by atoms with Gasteiger partial charge in [-0.05, 0) is 32.1 Å². The molecule has 1 aliphatic heterocycles. The summed E-state index contributed by atoms with van der Waals surface area (Å²) in [5.41, 5.74) is 0. The zero-order chi connectivity index (χ0) is 14.5. The second-order valence-corrected chi connectivity index (χ2v) is 6.40. The number of carbonyl (C=O) groups is 1. The van der Waals surface area contributed by atoms with E-state index >= 15 is 0 Å². The maximum Gasteiger partial charge on any atom is 0.317 e. The molecule has 5 nitrogen and oxygen atoms in total. The first-order valence-corrected chi connectivity index (χ1v) is 7.92. The third-order valence-corrected chi connectivity index (χ3v) is 4.40. The van der Waals surface area contributed by atoms with E-state index in [1.807, 2.05) is 4.90 Å². The number of nitrogens with one attached hydrogen (secondary N) is 2. The average Bonchev–Trinajstić information content (AvgIpc) is 2.86. The van der Waals surface area contributed by atoms with Gasteiger partial charge in [-0.1, -0.05) is 13.8 Å². The summed E-state index contributed by atoms with van der Waals surface area (Å²) < 4.78 is 5.35. The summed E-state index contributed by atoms with van der Waals surface area (Å²) in [6, 6.07) is 1.47. The number of nitrogens with zero attached hydrogens (tertiary/aromatic N) is 1. The molecule has 2 unspecified atom stereocenters. The van der Waals surface area contributed by atoms with Crippen molar-refractivity contribution in [2.24, 2.45) is 0 Å². The van der Waals surface area contributed by atoms with Crippen LogP contribution >= 0.6 is 0 Å². The average molecular weight is 283 g/mol. The molecule has 0 aromatic rings. The first-order chi connectivity index (χ1) is 9.58. The molecule has 0 aromatic heterocycles. The maximum atomic E-state index is 12.2. The normalized spacial score (nSPS) is 28.1. The van der Waals surface area contributed by atoms with Crippen molar-refractivity contribution in [3.63, 3.8) is 0 Å².